The lowest BCUT2D eigenvalue weighted by molar-refractivity contribution is -0.157. The van der Waals surface area contributed by atoms with E-state index in [9.17, 15) is 9.59 Å². The Balaban J connectivity index is 1.70. The van der Waals surface area contributed by atoms with Crippen LogP contribution in [0.15, 0.2) is 48.2 Å². The van der Waals surface area contributed by atoms with E-state index in [0.717, 1.165) is 0 Å². The number of hydrogen-bond donors (Lipinski definition) is 0. The van der Waals surface area contributed by atoms with Crippen molar-refractivity contribution in [1.29, 1.82) is 0 Å². The molecule has 0 atom stereocenters. The van der Waals surface area contributed by atoms with Crippen LogP contribution in [0.25, 0.3) is 6.08 Å². The molecule has 0 spiro atoms. The van der Waals surface area contributed by atoms with Crippen molar-refractivity contribution in [2.24, 2.45) is 0 Å². The van der Waals surface area contributed by atoms with Gasteiger partial charge in [0.05, 0.1) is 12.2 Å². The summed E-state index contributed by atoms with van der Waals surface area (Å²) in [5.74, 6) is 1.20. The number of ether oxygens (including phenoxy) is 4. The lowest BCUT2D eigenvalue weighted by Crippen LogP contribution is -2.27. The first-order chi connectivity index (χ1) is 13.7. The van der Waals surface area contributed by atoms with Gasteiger partial charge in [0.25, 0.3) is 0 Å². The van der Waals surface area contributed by atoms with Crippen molar-refractivity contribution in [1.82, 2.24) is 0 Å². The van der Waals surface area contributed by atoms with Crippen LogP contribution in [0, 0.1) is 0 Å². The van der Waals surface area contributed by atoms with Gasteiger partial charge in [-0.25, -0.2) is 4.79 Å². The Morgan fingerprint density at radius 2 is 1.83 bits per heavy atom. The number of esters is 1. The summed E-state index contributed by atoms with van der Waals surface area (Å²) >= 11 is 0. The number of carbonyl (C=O) groups is 2. The van der Waals surface area contributed by atoms with E-state index in [4.69, 9.17) is 18.9 Å². The monoisotopic (exact) mass is 396 g/mol. The molecule has 6 nitrogen and oxygen atoms in total. The van der Waals surface area contributed by atoms with E-state index in [1.165, 1.54) is 0 Å². The summed E-state index contributed by atoms with van der Waals surface area (Å²) in [5.41, 5.74) is 0.647. The van der Waals surface area contributed by atoms with Crippen molar-refractivity contribution in [2.45, 2.75) is 33.3 Å². The van der Waals surface area contributed by atoms with Crippen LogP contribution < -0.4 is 14.2 Å². The van der Waals surface area contributed by atoms with Gasteiger partial charge in [-0.2, -0.15) is 0 Å². The highest BCUT2D eigenvalue weighted by Crippen LogP contribution is 2.35. The summed E-state index contributed by atoms with van der Waals surface area (Å²) in [6.45, 7) is 7.62. The molecule has 3 rings (SSSR count). The topological polar surface area (TPSA) is 71.1 Å². The van der Waals surface area contributed by atoms with Gasteiger partial charge in [0.1, 0.15) is 22.8 Å². The number of benzene rings is 2. The minimum absolute atomic E-state index is 0.192. The maximum atomic E-state index is 12.6. The molecule has 0 amide bonds. The van der Waals surface area contributed by atoms with E-state index in [1.54, 1.807) is 63.2 Å². The maximum Gasteiger partial charge on any atom is 0.344 e. The molecule has 0 unspecified atom stereocenters. The molecule has 0 fully saturated rings. The summed E-state index contributed by atoms with van der Waals surface area (Å²) in [6, 6.07) is 12.2. The summed E-state index contributed by atoms with van der Waals surface area (Å²) in [7, 11) is 0. The normalized spacial score (nSPS) is 14.3. The number of Topliss-reactive ketones (excluding diaryl/α,β-unsaturated/α-hetero) is 1. The number of allylic oxidation sites excluding steroid dienone is 1. The molecule has 0 aromatic heterocycles. The molecule has 0 saturated carbocycles. The van der Waals surface area contributed by atoms with Gasteiger partial charge in [-0.3, -0.25) is 4.79 Å². The molecule has 0 bridgehead atoms. The Morgan fingerprint density at radius 3 is 2.55 bits per heavy atom. The highest BCUT2D eigenvalue weighted by molar-refractivity contribution is 6.14. The minimum Gasteiger partial charge on any atom is -0.494 e. The van der Waals surface area contributed by atoms with Crippen LogP contribution in [0.1, 0.15) is 43.6 Å². The van der Waals surface area contributed by atoms with Gasteiger partial charge in [-0.05, 0) is 63.6 Å². The molecule has 152 valence electrons. The summed E-state index contributed by atoms with van der Waals surface area (Å²) < 4.78 is 21.9. The fourth-order valence-corrected chi connectivity index (χ4v) is 2.78. The highest BCUT2D eigenvalue weighted by atomic mass is 16.6. The molecular weight excluding hydrogens is 372 g/mol. The van der Waals surface area contributed by atoms with Gasteiger partial charge in [-0.15, -0.1) is 0 Å². The standard InChI is InChI=1S/C23H24O6/c1-5-26-17-9-10-18-19(13-17)28-20(22(18)25)12-15-7-6-8-16(11-15)27-14-21(24)29-23(2,3)4/h6-13H,5,14H2,1-4H3/b20-12-. The molecule has 29 heavy (non-hydrogen) atoms. The summed E-state index contributed by atoms with van der Waals surface area (Å²) in [4.78, 5) is 24.4. The van der Waals surface area contributed by atoms with E-state index < -0.39 is 11.6 Å². The summed E-state index contributed by atoms with van der Waals surface area (Å²) in [5, 5.41) is 0. The van der Waals surface area contributed by atoms with E-state index in [-0.39, 0.29) is 18.1 Å². The molecule has 0 radical (unpaired) electrons. The van der Waals surface area contributed by atoms with Crippen LogP contribution in [-0.2, 0) is 9.53 Å². The van der Waals surface area contributed by atoms with Gasteiger partial charge in [0.2, 0.25) is 5.78 Å². The average Bonchev–Trinajstić information content (AvgIpc) is 2.94. The third-order valence-electron chi connectivity index (χ3n) is 3.88. The zero-order chi connectivity index (χ0) is 21.0. The Kier molecular flexibility index (Phi) is 5.92. The van der Waals surface area contributed by atoms with Crippen LogP contribution in [0.2, 0.25) is 0 Å². The number of carbonyl (C=O) groups excluding carboxylic acids is 2. The third-order valence-corrected chi connectivity index (χ3v) is 3.88. The zero-order valence-corrected chi connectivity index (χ0v) is 17.0. The molecule has 2 aromatic rings. The van der Waals surface area contributed by atoms with Crippen molar-refractivity contribution in [3.8, 4) is 17.2 Å². The molecule has 1 aliphatic heterocycles. The van der Waals surface area contributed by atoms with Crippen molar-refractivity contribution in [3.63, 3.8) is 0 Å². The second-order valence-electron chi connectivity index (χ2n) is 7.48. The van der Waals surface area contributed by atoms with Gasteiger partial charge in [-0.1, -0.05) is 12.1 Å². The predicted octanol–water partition coefficient (Wildman–Crippen LogP) is 4.42. The van der Waals surface area contributed by atoms with Crippen LogP contribution in [0.4, 0.5) is 0 Å². The highest BCUT2D eigenvalue weighted by Gasteiger charge is 2.27. The van der Waals surface area contributed by atoms with Gasteiger partial charge in [0, 0.05) is 6.07 Å². The Labute approximate surface area is 170 Å². The largest absolute Gasteiger partial charge is 0.494 e. The number of ketones is 1. The van der Waals surface area contributed by atoms with Gasteiger partial charge in [0.15, 0.2) is 12.4 Å². The molecule has 1 aliphatic rings. The molecule has 0 N–H and O–H groups in total. The second kappa shape index (κ2) is 8.39. The van der Waals surface area contributed by atoms with Crippen molar-refractivity contribution in [3.05, 3.63) is 59.4 Å². The maximum absolute atomic E-state index is 12.6. The molecule has 0 aliphatic carbocycles. The van der Waals surface area contributed by atoms with Crippen molar-refractivity contribution < 1.29 is 28.5 Å². The predicted molar refractivity (Wildman–Crippen MR) is 108 cm³/mol. The molecule has 0 saturated heterocycles. The fourth-order valence-electron chi connectivity index (χ4n) is 2.78. The van der Waals surface area contributed by atoms with E-state index in [0.29, 0.717) is 35.0 Å². The number of fused-ring (bicyclic) bond motifs is 1. The van der Waals surface area contributed by atoms with Crippen LogP contribution in [0.3, 0.4) is 0 Å². The second-order valence-corrected chi connectivity index (χ2v) is 7.48. The third kappa shape index (κ3) is 5.38. The van der Waals surface area contributed by atoms with Crippen LogP contribution in [0.5, 0.6) is 17.2 Å². The summed E-state index contributed by atoms with van der Waals surface area (Å²) in [6.07, 6.45) is 1.64. The Bertz CT molecular complexity index is 952. The smallest absolute Gasteiger partial charge is 0.344 e. The molecule has 2 aromatic carbocycles. The molecular formula is C23H24O6. The minimum atomic E-state index is -0.566. The molecule has 1 heterocycles. The Hall–Kier alpha value is -3.28. The number of rotatable bonds is 6. The van der Waals surface area contributed by atoms with E-state index in [1.807, 2.05) is 13.0 Å². The lowest BCUT2D eigenvalue weighted by Gasteiger charge is -2.19. The molecule has 6 heteroatoms. The van der Waals surface area contributed by atoms with Gasteiger partial charge < -0.3 is 18.9 Å². The quantitative estimate of drug-likeness (QED) is 0.532. The van der Waals surface area contributed by atoms with Crippen LogP contribution in [-0.4, -0.2) is 30.6 Å². The SMILES string of the molecule is CCOc1ccc2c(c1)O/C(=C\c1cccc(OCC(=O)OC(C)(C)C)c1)C2=O. The number of hydrogen-bond acceptors (Lipinski definition) is 6. The van der Waals surface area contributed by atoms with Crippen molar-refractivity contribution >= 4 is 17.8 Å². The Morgan fingerprint density at radius 1 is 1.07 bits per heavy atom. The van der Waals surface area contributed by atoms with E-state index >= 15 is 0 Å². The van der Waals surface area contributed by atoms with Crippen LogP contribution >= 0.6 is 0 Å². The average molecular weight is 396 g/mol. The van der Waals surface area contributed by atoms with Gasteiger partial charge >= 0.3 is 5.97 Å². The van der Waals surface area contributed by atoms with E-state index in [2.05, 4.69) is 0 Å². The first-order valence-corrected chi connectivity index (χ1v) is 9.41. The lowest BCUT2D eigenvalue weighted by atomic mass is 10.1. The van der Waals surface area contributed by atoms with Crippen molar-refractivity contribution in [2.75, 3.05) is 13.2 Å². The first kappa shape index (κ1) is 20.5. The first-order valence-electron chi connectivity index (χ1n) is 9.41. The fraction of sp³-hybridized carbons (Fsp3) is 0.304. The zero-order valence-electron chi connectivity index (χ0n) is 17.0.